The van der Waals surface area contributed by atoms with E-state index < -0.39 is 11.6 Å². The summed E-state index contributed by atoms with van der Waals surface area (Å²) in [7, 11) is 0. The first kappa shape index (κ1) is 9.67. The van der Waals surface area contributed by atoms with E-state index in [4.69, 9.17) is 10.8 Å². The Bertz CT molecular complexity index is 325. The van der Waals surface area contributed by atoms with Crippen LogP contribution in [-0.4, -0.2) is 17.4 Å². The number of carbonyl (C=O) groups is 1. The van der Waals surface area contributed by atoms with Crippen LogP contribution in [0.3, 0.4) is 0 Å². The average Bonchev–Trinajstić information content (AvgIpc) is 2.10. The van der Waals surface area contributed by atoms with Crippen molar-refractivity contribution in [2.75, 3.05) is 6.54 Å². The maximum Gasteiger partial charge on any atom is 0.165 e. The molecule has 0 radical (unpaired) electrons. The summed E-state index contributed by atoms with van der Waals surface area (Å²) in [6.45, 7) is 0.237. The Morgan fingerprint density at radius 1 is 1.54 bits per heavy atom. The van der Waals surface area contributed by atoms with Crippen LogP contribution in [0.15, 0.2) is 18.2 Å². The number of phenols is 1. The highest BCUT2D eigenvalue weighted by Crippen LogP contribution is 2.16. The Balaban J connectivity index is 2.90. The van der Waals surface area contributed by atoms with Crippen molar-refractivity contribution in [1.29, 1.82) is 0 Å². The number of ketones is 1. The molecule has 1 rings (SSSR count). The molecule has 0 atom stereocenters. The molecule has 1 aromatic rings. The van der Waals surface area contributed by atoms with Crippen molar-refractivity contribution >= 4 is 5.78 Å². The summed E-state index contributed by atoms with van der Waals surface area (Å²) in [6, 6.07) is 3.53. The lowest BCUT2D eigenvalue weighted by molar-refractivity contribution is 0.0985. The molecule has 0 aliphatic rings. The molecular formula is C9H10FNO2. The quantitative estimate of drug-likeness (QED) is 0.689. The highest BCUT2D eigenvalue weighted by Gasteiger charge is 2.07. The first-order valence-electron chi connectivity index (χ1n) is 3.87. The summed E-state index contributed by atoms with van der Waals surface area (Å²) in [4.78, 5) is 11.2. The lowest BCUT2D eigenvalue weighted by atomic mass is 10.1. The summed E-state index contributed by atoms with van der Waals surface area (Å²) in [5.41, 5.74) is 5.41. The fraction of sp³-hybridized carbons (Fsp3) is 0.222. The molecule has 0 unspecified atom stereocenters. The van der Waals surface area contributed by atoms with Crippen molar-refractivity contribution in [1.82, 2.24) is 0 Å². The molecule has 1 aromatic carbocycles. The SMILES string of the molecule is NCCC(=O)c1ccc(O)c(F)c1. The van der Waals surface area contributed by atoms with Gasteiger partial charge in [0.2, 0.25) is 0 Å². The van der Waals surface area contributed by atoms with Crippen molar-refractivity contribution in [2.24, 2.45) is 5.73 Å². The molecule has 3 nitrogen and oxygen atoms in total. The summed E-state index contributed by atoms with van der Waals surface area (Å²) in [5.74, 6) is -1.46. The molecule has 0 fully saturated rings. The van der Waals surface area contributed by atoms with Gasteiger partial charge in [-0.15, -0.1) is 0 Å². The standard InChI is InChI=1S/C9H10FNO2/c10-7-5-6(1-2-9(7)13)8(12)3-4-11/h1-2,5,13H,3-4,11H2. The van der Waals surface area contributed by atoms with E-state index in [2.05, 4.69) is 0 Å². The Morgan fingerprint density at radius 3 is 2.77 bits per heavy atom. The van der Waals surface area contributed by atoms with Crippen LogP contribution in [0.5, 0.6) is 5.75 Å². The second kappa shape index (κ2) is 4.00. The zero-order valence-electron chi connectivity index (χ0n) is 6.96. The molecule has 0 aliphatic heterocycles. The number of halogens is 1. The number of phenolic OH excluding ortho intramolecular Hbond substituents is 1. The fourth-order valence-electron chi connectivity index (χ4n) is 0.956. The lowest BCUT2D eigenvalue weighted by Gasteiger charge is -2.00. The van der Waals surface area contributed by atoms with Gasteiger partial charge < -0.3 is 10.8 Å². The third kappa shape index (κ3) is 2.26. The van der Waals surface area contributed by atoms with Crippen molar-refractivity contribution < 1.29 is 14.3 Å². The summed E-state index contributed by atoms with van der Waals surface area (Å²) >= 11 is 0. The van der Waals surface area contributed by atoms with Crippen LogP contribution in [-0.2, 0) is 0 Å². The van der Waals surface area contributed by atoms with Gasteiger partial charge in [0, 0.05) is 12.0 Å². The van der Waals surface area contributed by atoms with E-state index in [1.165, 1.54) is 6.07 Å². The molecule has 0 amide bonds. The number of nitrogens with two attached hydrogens (primary N) is 1. The summed E-state index contributed by atoms with van der Waals surface area (Å²) < 4.78 is 12.7. The fourth-order valence-corrected chi connectivity index (χ4v) is 0.956. The Morgan fingerprint density at radius 2 is 2.23 bits per heavy atom. The van der Waals surface area contributed by atoms with E-state index in [0.717, 1.165) is 12.1 Å². The van der Waals surface area contributed by atoms with E-state index in [9.17, 15) is 9.18 Å². The minimum atomic E-state index is -0.789. The lowest BCUT2D eigenvalue weighted by Crippen LogP contribution is -2.08. The Labute approximate surface area is 75.0 Å². The zero-order chi connectivity index (χ0) is 9.84. The Hall–Kier alpha value is -1.42. The van der Waals surface area contributed by atoms with Crippen LogP contribution in [0.2, 0.25) is 0 Å². The van der Waals surface area contributed by atoms with Gasteiger partial charge in [-0.25, -0.2) is 4.39 Å². The molecule has 0 saturated heterocycles. The van der Waals surface area contributed by atoms with E-state index in [1.54, 1.807) is 0 Å². The first-order valence-corrected chi connectivity index (χ1v) is 3.87. The van der Waals surface area contributed by atoms with Gasteiger partial charge in [-0.2, -0.15) is 0 Å². The van der Waals surface area contributed by atoms with Gasteiger partial charge in [0.05, 0.1) is 0 Å². The molecular weight excluding hydrogens is 173 g/mol. The smallest absolute Gasteiger partial charge is 0.165 e. The number of benzene rings is 1. The first-order chi connectivity index (χ1) is 6.15. The molecule has 0 aromatic heterocycles. The topological polar surface area (TPSA) is 63.3 Å². The van der Waals surface area contributed by atoms with E-state index >= 15 is 0 Å². The van der Waals surface area contributed by atoms with Crippen LogP contribution in [0.1, 0.15) is 16.8 Å². The zero-order valence-corrected chi connectivity index (χ0v) is 6.96. The van der Waals surface area contributed by atoms with Crippen LogP contribution in [0.4, 0.5) is 4.39 Å². The van der Waals surface area contributed by atoms with E-state index in [-0.39, 0.29) is 24.3 Å². The predicted molar refractivity (Wildman–Crippen MR) is 46.1 cm³/mol. The number of aromatic hydroxyl groups is 1. The van der Waals surface area contributed by atoms with Gasteiger partial charge in [0.25, 0.3) is 0 Å². The van der Waals surface area contributed by atoms with Crippen molar-refractivity contribution in [3.8, 4) is 5.75 Å². The van der Waals surface area contributed by atoms with Crippen LogP contribution >= 0.6 is 0 Å². The monoisotopic (exact) mass is 183 g/mol. The number of rotatable bonds is 3. The normalized spacial score (nSPS) is 10.0. The molecule has 0 aliphatic carbocycles. The number of carbonyl (C=O) groups excluding carboxylic acids is 1. The maximum absolute atomic E-state index is 12.7. The second-order valence-electron chi connectivity index (χ2n) is 2.63. The minimum absolute atomic E-state index is 0.185. The minimum Gasteiger partial charge on any atom is -0.505 e. The third-order valence-electron chi connectivity index (χ3n) is 1.64. The van der Waals surface area contributed by atoms with Crippen molar-refractivity contribution in [3.63, 3.8) is 0 Å². The molecule has 4 heteroatoms. The summed E-state index contributed by atoms with van der Waals surface area (Å²) in [6.07, 6.45) is 0.185. The third-order valence-corrected chi connectivity index (χ3v) is 1.64. The largest absolute Gasteiger partial charge is 0.505 e. The summed E-state index contributed by atoms with van der Waals surface area (Å²) in [5, 5.41) is 8.84. The second-order valence-corrected chi connectivity index (χ2v) is 2.63. The van der Waals surface area contributed by atoms with Gasteiger partial charge in [-0.1, -0.05) is 0 Å². The van der Waals surface area contributed by atoms with Gasteiger partial charge in [0.1, 0.15) is 0 Å². The van der Waals surface area contributed by atoms with Crippen molar-refractivity contribution in [2.45, 2.75) is 6.42 Å². The number of hydrogen-bond donors (Lipinski definition) is 2. The van der Waals surface area contributed by atoms with Gasteiger partial charge in [0.15, 0.2) is 17.3 Å². The molecule has 13 heavy (non-hydrogen) atoms. The molecule has 0 spiro atoms. The van der Waals surface area contributed by atoms with Crippen molar-refractivity contribution in [3.05, 3.63) is 29.6 Å². The van der Waals surface area contributed by atoms with E-state index in [1.807, 2.05) is 0 Å². The maximum atomic E-state index is 12.7. The molecule has 0 heterocycles. The van der Waals surface area contributed by atoms with Gasteiger partial charge in [-0.3, -0.25) is 4.79 Å². The number of Topliss-reactive ketones (excluding diaryl/α,β-unsaturated/α-hetero) is 1. The molecule has 0 saturated carbocycles. The van der Waals surface area contributed by atoms with E-state index in [0.29, 0.717) is 0 Å². The number of hydrogen-bond acceptors (Lipinski definition) is 3. The molecule has 3 N–H and O–H groups in total. The van der Waals surface area contributed by atoms with Crippen LogP contribution < -0.4 is 5.73 Å². The van der Waals surface area contributed by atoms with Gasteiger partial charge >= 0.3 is 0 Å². The highest BCUT2D eigenvalue weighted by atomic mass is 19.1. The van der Waals surface area contributed by atoms with Crippen LogP contribution in [0, 0.1) is 5.82 Å². The average molecular weight is 183 g/mol. The molecule has 70 valence electrons. The molecule has 0 bridgehead atoms. The van der Waals surface area contributed by atoms with Gasteiger partial charge in [-0.05, 0) is 24.7 Å². The highest BCUT2D eigenvalue weighted by molar-refractivity contribution is 5.96. The van der Waals surface area contributed by atoms with Crippen LogP contribution in [0.25, 0.3) is 0 Å². The predicted octanol–water partition coefficient (Wildman–Crippen LogP) is 1.06. The Kier molecular flexibility index (Phi) is 2.97.